The van der Waals surface area contributed by atoms with Crippen molar-refractivity contribution in [2.75, 3.05) is 0 Å². The number of aromatic nitrogens is 1. The van der Waals surface area contributed by atoms with Gasteiger partial charge in [-0.3, -0.25) is 0 Å². The molecule has 0 bridgehead atoms. The van der Waals surface area contributed by atoms with Crippen molar-refractivity contribution in [2.24, 2.45) is 5.92 Å². The molecule has 0 fully saturated rings. The van der Waals surface area contributed by atoms with E-state index in [-0.39, 0.29) is 5.41 Å². The number of allylic oxidation sites excluding steroid dienone is 2. The maximum atomic E-state index is 2.47. The zero-order valence-corrected chi connectivity index (χ0v) is 14.4. The monoisotopic (exact) mass is 311 g/mol. The van der Waals surface area contributed by atoms with E-state index >= 15 is 0 Å². The molecule has 0 spiro atoms. The van der Waals surface area contributed by atoms with Gasteiger partial charge in [0.25, 0.3) is 0 Å². The van der Waals surface area contributed by atoms with Gasteiger partial charge in [-0.1, -0.05) is 75.4 Å². The summed E-state index contributed by atoms with van der Waals surface area (Å²) in [4.78, 5) is 0. The van der Waals surface area contributed by atoms with Gasteiger partial charge in [0, 0.05) is 16.0 Å². The number of hydrogen-bond acceptors (Lipinski definition) is 0. The molecule has 1 nitrogen and oxygen atoms in total. The fourth-order valence-electron chi connectivity index (χ4n) is 4.46. The Bertz CT molecular complexity index is 1140. The summed E-state index contributed by atoms with van der Waals surface area (Å²) in [5.74, 6) is 0.453. The van der Waals surface area contributed by atoms with Crippen molar-refractivity contribution >= 4 is 23.1 Å². The lowest BCUT2D eigenvalue weighted by Crippen LogP contribution is -2.33. The standard InChI is InChI=1S/C23H21N/c1-15-8-6-13-20-17(14-15)16-9-7-11-19-22(16)24(20)21-12-5-4-10-18(21)23(19,2)3/h4-15H,1-3H3. The lowest BCUT2D eigenvalue weighted by Gasteiger charge is -2.34. The molecule has 24 heavy (non-hydrogen) atoms. The van der Waals surface area contributed by atoms with E-state index in [0.717, 1.165) is 0 Å². The van der Waals surface area contributed by atoms with Gasteiger partial charge < -0.3 is 4.57 Å². The van der Waals surface area contributed by atoms with Crippen molar-refractivity contribution in [3.63, 3.8) is 0 Å². The van der Waals surface area contributed by atoms with Crippen molar-refractivity contribution in [3.05, 3.63) is 76.3 Å². The molecule has 5 rings (SSSR count). The van der Waals surface area contributed by atoms with E-state index in [9.17, 15) is 0 Å². The van der Waals surface area contributed by atoms with Crippen molar-refractivity contribution in [3.8, 4) is 5.69 Å². The zero-order chi connectivity index (χ0) is 16.5. The molecule has 1 heteroatoms. The van der Waals surface area contributed by atoms with E-state index < -0.39 is 0 Å². The molecular weight excluding hydrogens is 290 g/mol. The Hall–Kier alpha value is -2.54. The topological polar surface area (TPSA) is 4.93 Å². The summed E-state index contributed by atoms with van der Waals surface area (Å²) in [5.41, 5.74) is 5.54. The summed E-state index contributed by atoms with van der Waals surface area (Å²) in [6.45, 7) is 6.94. The predicted octanol–water partition coefficient (Wildman–Crippen LogP) is 4.04. The molecule has 2 aliphatic rings. The van der Waals surface area contributed by atoms with Crippen LogP contribution in [0.1, 0.15) is 31.9 Å². The van der Waals surface area contributed by atoms with Gasteiger partial charge >= 0.3 is 0 Å². The number of benzene rings is 2. The molecule has 1 aliphatic heterocycles. The first-order chi connectivity index (χ1) is 11.6. The predicted molar refractivity (Wildman–Crippen MR) is 102 cm³/mol. The summed E-state index contributed by atoms with van der Waals surface area (Å²) >= 11 is 0. The minimum Gasteiger partial charge on any atom is -0.309 e. The Morgan fingerprint density at radius 2 is 1.75 bits per heavy atom. The lowest BCUT2D eigenvalue weighted by atomic mass is 9.75. The highest BCUT2D eigenvalue weighted by atomic mass is 15.0. The minimum atomic E-state index is 0.0184. The number of nitrogens with zero attached hydrogens (tertiary/aromatic N) is 1. The summed E-state index contributed by atoms with van der Waals surface area (Å²) in [5, 5.41) is 4.05. The fraction of sp³-hybridized carbons (Fsp3) is 0.217. The number of fused-ring (bicyclic) bond motifs is 5. The molecule has 0 saturated heterocycles. The minimum absolute atomic E-state index is 0.0184. The molecule has 1 aliphatic carbocycles. The van der Waals surface area contributed by atoms with Gasteiger partial charge in [0.2, 0.25) is 0 Å². The Morgan fingerprint density at radius 1 is 0.958 bits per heavy atom. The van der Waals surface area contributed by atoms with Crippen LogP contribution < -0.4 is 10.6 Å². The number of rotatable bonds is 0. The van der Waals surface area contributed by atoms with Gasteiger partial charge in [-0.15, -0.1) is 0 Å². The highest BCUT2D eigenvalue weighted by Crippen LogP contribution is 2.42. The molecule has 0 saturated carbocycles. The van der Waals surface area contributed by atoms with Crippen molar-refractivity contribution in [1.29, 1.82) is 0 Å². The molecule has 0 amide bonds. The first-order valence-corrected chi connectivity index (χ1v) is 8.73. The van der Waals surface area contributed by atoms with Crippen LogP contribution in [0, 0.1) is 5.92 Å². The van der Waals surface area contributed by atoms with Gasteiger partial charge in [0.05, 0.1) is 16.6 Å². The van der Waals surface area contributed by atoms with E-state index in [2.05, 4.69) is 92.1 Å². The molecule has 3 aromatic rings. The molecule has 1 unspecified atom stereocenters. The average molecular weight is 311 g/mol. The van der Waals surface area contributed by atoms with E-state index in [1.54, 1.807) is 0 Å². The second-order valence-corrected chi connectivity index (χ2v) is 7.56. The van der Waals surface area contributed by atoms with Gasteiger partial charge in [-0.25, -0.2) is 0 Å². The van der Waals surface area contributed by atoms with Crippen LogP contribution in [0.25, 0.3) is 28.7 Å². The van der Waals surface area contributed by atoms with Crippen LogP contribution in [0.5, 0.6) is 0 Å². The summed E-state index contributed by atoms with van der Waals surface area (Å²) < 4.78 is 2.47. The number of para-hydroxylation sites is 2. The molecule has 0 radical (unpaired) electrons. The Labute approximate surface area is 142 Å². The van der Waals surface area contributed by atoms with E-state index in [1.165, 1.54) is 38.3 Å². The Kier molecular flexibility index (Phi) is 2.60. The molecule has 2 aromatic carbocycles. The maximum absolute atomic E-state index is 2.47. The SMILES string of the molecule is CC1C=CC=c2c(c3cccc4c3n2-c2ccccc2C4(C)C)=C1. The van der Waals surface area contributed by atoms with Crippen LogP contribution in [0.4, 0.5) is 0 Å². The van der Waals surface area contributed by atoms with Crippen LogP contribution in [0.3, 0.4) is 0 Å². The normalized spacial score (nSPS) is 19.9. The average Bonchev–Trinajstić information content (AvgIpc) is 2.74. The molecule has 118 valence electrons. The largest absolute Gasteiger partial charge is 0.309 e. The van der Waals surface area contributed by atoms with Gasteiger partial charge in [0.1, 0.15) is 0 Å². The molecule has 0 N–H and O–H groups in total. The molecule has 1 atom stereocenters. The van der Waals surface area contributed by atoms with Crippen LogP contribution in [-0.4, -0.2) is 4.57 Å². The second-order valence-electron chi connectivity index (χ2n) is 7.56. The van der Waals surface area contributed by atoms with Gasteiger partial charge in [0.15, 0.2) is 0 Å². The van der Waals surface area contributed by atoms with Crippen molar-refractivity contribution < 1.29 is 0 Å². The summed E-state index contributed by atoms with van der Waals surface area (Å²) in [6, 6.07) is 15.6. The Balaban J connectivity index is 2.12. The lowest BCUT2D eigenvalue weighted by molar-refractivity contribution is 0.627. The molecule has 2 heterocycles. The van der Waals surface area contributed by atoms with Crippen LogP contribution in [0.15, 0.2) is 54.6 Å². The van der Waals surface area contributed by atoms with Gasteiger partial charge in [-0.2, -0.15) is 0 Å². The third-order valence-electron chi connectivity index (χ3n) is 5.66. The second kappa shape index (κ2) is 4.51. The summed E-state index contributed by atoms with van der Waals surface area (Å²) in [7, 11) is 0. The van der Waals surface area contributed by atoms with Crippen LogP contribution in [0.2, 0.25) is 0 Å². The third-order valence-corrected chi connectivity index (χ3v) is 5.66. The molecule has 1 aromatic heterocycles. The molecular formula is C23H21N. The highest BCUT2D eigenvalue weighted by molar-refractivity contribution is 5.90. The maximum Gasteiger partial charge on any atom is 0.0581 e. The Morgan fingerprint density at radius 3 is 2.62 bits per heavy atom. The van der Waals surface area contributed by atoms with Crippen LogP contribution >= 0.6 is 0 Å². The number of hydrogen-bond donors (Lipinski definition) is 0. The zero-order valence-electron chi connectivity index (χ0n) is 14.4. The smallest absolute Gasteiger partial charge is 0.0581 e. The van der Waals surface area contributed by atoms with E-state index in [4.69, 9.17) is 0 Å². The fourth-order valence-corrected chi connectivity index (χ4v) is 4.46. The first-order valence-electron chi connectivity index (χ1n) is 8.73. The van der Waals surface area contributed by atoms with E-state index in [1.807, 2.05) is 0 Å². The third kappa shape index (κ3) is 1.60. The quantitative estimate of drug-likeness (QED) is 0.590. The first kappa shape index (κ1) is 13.9. The highest BCUT2D eigenvalue weighted by Gasteiger charge is 2.34. The summed E-state index contributed by atoms with van der Waals surface area (Å²) in [6.07, 6.45) is 9.14. The van der Waals surface area contributed by atoms with Crippen LogP contribution in [-0.2, 0) is 5.41 Å². The van der Waals surface area contributed by atoms with Crippen molar-refractivity contribution in [1.82, 2.24) is 4.57 Å². The van der Waals surface area contributed by atoms with E-state index in [0.29, 0.717) is 5.92 Å². The van der Waals surface area contributed by atoms with Gasteiger partial charge in [-0.05, 0) is 29.2 Å². The van der Waals surface area contributed by atoms with Crippen molar-refractivity contribution in [2.45, 2.75) is 26.2 Å².